The minimum Gasteiger partial charge on any atom is -0.478 e. The van der Waals surface area contributed by atoms with Gasteiger partial charge >= 0.3 is 12.0 Å². The molecular formula is C14H18N2O4S. The largest absolute Gasteiger partial charge is 0.478 e. The van der Waals surface area contributed by atoms with Crippen molar-refractivity contribution in [1.82, 2.24) is 5.32 Å². The summed E-state index contributed by atoms with van der Waals surface area (Å²) in [5.74, 6) is -0.677. The first-order valence-corrected chi connectivity index (χ1v) is 7.88. The SMILES string of the molecule is CSC(C)CNC(=O)N1CC(C(=O)O)Oc2ccccc21. The predicted octanol–water partition coefficient (Wildman–Crippen LogP) is 1.80. The van der Waals surface area contributed by atoms with Crippen LogP contribution in [0.5, 0.6) is 5.75 Å². The minimum atomic E-state index is -1.08. The molecular weight excluding hydrogens is 292 g/mol. The van der Waals surface area contributed by atoms with Crippen molar-refractivity contribution < 1.29 is 19.4 Å². The molecule has 114 valence electrons. The zero-order chi connectivity index (χ0) is 15.4. The Balaban J connectivity index is 2.17. The first-order valence-electron chi connectivity index (χ1n) is 6.59. The topological polar surface area (TPSA) is 78.9 Å². The van der Waals surface area contributed by atoms with Crippen LogP contribution in [0.1, 0.15) is 6.92 Å². The van der Waals surface area contributed by atoms with Gasteiger partial charge in [0.1, 0.15) is 5.75 Å². The third-order valence-corrected chi connectivity index (χ3v) is 4.21. The number of hydrogen-bond donors (Lipinski definition) is 2. The number of fused-ring (bicyclic) bond motifs is 1. The number of para-hydroxylation sites is 2. The van der Waals surface area contributed by atoms with Crippen LogP contribution < -0.4 is 15.0 Å². The summed E-state index contributed by atoms with van der Waals surface area (Å²) in [6.07, 6.45) is 0.921. The lowest BCUT2D eigenvalue weighted by Gasteiger charge is -2.33. The van der Waals surface area contributed by atoms with Gasteiger partial charge in [-0.1, -0.05) is 19.1 Å². The molecule has 2 atom stereocenters. The normalized spacial score (nSPS) is 18.4. The molecule has 1 heterocycles. The van der Waals surface area contributed by atoms with Crippen molar-refractivity contribution in [3.8, 4) is 5.75 Å². The maximum Gasteiger partial charge on any atom is 0.346 e. The molecule has 1 aliphatic heterocycles. The number of carbonyl (C=O) groups excluding carboxylic acids is 1. The molecule has 0 fully saturated rings. The second kappa shape index (κ2) is 6.71. The van der Waals surface area contributed by atoms with Gasteiger partial charge in [0.05, 0.1) is 12.2 Å². The maximum absolute atomic E-state index is 12.3. The van der Waals surface area contributed by atoms with E-state index >= 15 is 0 Å². The van der Waals surface area contributed by atoms with E-state index in [1.165, 1.54) is 4.90 Å². The molecule has 1 aliphatic rings. The molecule has 2 amide bonds. The number of nitrogens with one attached hydrogen (secondary N) is 1. The zero-order valence-electron chi connectivity index (χ0n) is 11.9. The number of amides is 2. The van der Waals surface area contributed by atoms with Crippen LogP contribution in [0.2, 0.25) is 0 Å². The Morgan fingerprint density at radius 3 is 2.90 bits per heavy atom. The lowest BCUT2D eigenvalue weighted by molar-refractivity contribution is -0.144. The molecule has 0 saturated heterocycles. The fourth-order valence-electron chi connectivity index (χ4n) is 1.97. The van der Waals surface area contributed by atoms with Crippen molar-refractivity contribution in [3.05, 3.63) is 24.3 Å². The van der Waals surface area contributed by atoms with Gasteiger partial charge in [-0.15, -0.1) is 0 Å². The lowest BCUT2D eigenvalue weighted by Crippen LogP contribution is -2.51. The molecule has 2 unspecified atom stereocenters. The van der Waals surface area contributed by atoms with Crippen LogP contribution in [-0.4, -0.2) is 47.8 Å². The van der Waals surface area contributed by atoms with Crippen molar-refractivity contribution in [1.29, 1.82) is 0 Å². The van der Waals surface area contributed by atoms with E-state index in [2.05, 4.69) is 5.32 Å². The van der Waals surface area contributed by atoms with Gasteiger partial charge in [-0.05, 0) is 18.4 Å². The van der Waals surface area contributed by atoms with Crippen LogP contribution in [0.25, 0.3) is 0 Å². The second-order valence-corrected chi connectivity index (χ2v) is 6.03. The van der Waals surface area contributed by atoms with Crippen molar-refractivity contribution in [2.45, 2.75) is 18.3 Å². The van der Waals surface area contributed by atoms with Crippen molar-refractivity contribution >= 4 is 29.4 Å². The van der Waals surface area contributed by atoms with Gasteiger partial charge in [0, 0.05) is 11.8 Å². The summed E-state index contributed by atoms with van der Waals surface area (Å²) in [5, 5.41) is 12.2. The standard InChI is InChI=1S/C14H18N2O4S/c1-9(21-2)7-15-14(19)16-8-12(13(17)18)20-11-6-4-3-5-10(11)16/h3-6,9,12H,7-8H2,1-2H3,(H,15,19)(H,17,18). The fraction of sp³-hybridized carbons (Fsp3) is 0.429. The number of aliphatic carboxylic acids is 1. The summed E-state index contributed by atoms with van der Waals surface area (Å²) in [5.41, 5.74) is 0.587. The molecule has 6 nitrogen and oxygen atoms in total. The third kappa shape index (κ3) is 3.60. The van der Waals surface area contributed by atoms with Gasteiger partial charge < -0.3 is 15.2 Å². The van der Waals surface area contributed by atoms with Crippen LogP contribution in [0.4, 0.5) is 10.5 Å². The number of rotatable bonds is 4. The average Bonchev–Trinajstić information content (AvgIpc) is 2.50. The van der Waals surface area contributed by atoms with E-state index in [1.54, 1.807) is 36.0 Å². The van der Waals surface area contributed by atoms with Gasteiger partial charge in [0.25, 0.3) is 0 Å². The molecule has 0 radical (unpaired) electrons. The summed E-state index contributed by atoms with van der Waals surface area (Å²) in [7, 11) is 0. The molecule has 1 aromatic rings. The Morgan fingerprint density at radius 1 is 1.52 bits per heavy atom. The molecule has 21 heavy (non-hydrogen) atoms. The number of benzene rings is 1. The quantitative estimate of drug-likeness (QED) is 0.886. The Kier molecular flexibility index (Phi) is 4.95. The highest BCUT2D eigenvalue weighted by Crippen LogP contribution is 2.33. The van der Waals surface area contributed by atoms with Crippen LogP contribution in [-0.2, 0) is 4.79 Å². The molecule has 0 bridgehead atoms. The van der Waals surface area contributed by atoms with Crippen LogP contribution in [0, 0.1) is 0 Å². The summed E-state index contributed by atoms with van der Waals surface area (Å²) in [6.45, 7) is 2.53. The number of ether oxygens (including phenoxy) is 1. The van der Waals surface area contributed by atoms with Crippen molar-refractivity contribution in [2.75, 3.05) is 24.2 Å². The monoisotopic (exact) mass is 310 g/mol. The molecule has 0 spiro atoms. The van der Waals surface area contributed by atoms with Gasteiger partial charge in [0.15, 0.2) is 0 Å². The van der Waals surface area contributed by atoms with E-state index in [4.69, 9.17) is 9.84 Å². The first-order chi connectivity index (χ1) is 10.0. The first kappa shape index (κ1) is 15.5. The van der Waals surface area contributed by atoms with Gasteiger partial charge in [0.2, 0.25) is 6.10 Å². The summed E-state index contributed by atoms with van der Waals surface area (Å²) in [4.78, 5) is 24.9. The van der Waals surface area contributed by atoms with Gasteiger partial charge in [-0.3, -0.25) is 4.90 Å². The predicted molar refractivity (Wildman–Crippen MR) is 82.2 cm³/mol. The van der Waals surface area contributed by atoms with Crippen LogP contribution >= 0.6 is 11.8 Å². The average molecular weight is 310 g/mol. The highest BCUT2D eigenvalue weighted by molar-refractivity contribution is 7.99. The highest BCUT2D eigenvalue weighted by Gasteiger charge is 2.33. The molecule has 0 aliphatic carbocycles. The number of carbonyl (C=O) groups is 2. The summed E-state index contributed by atoms with van der Waals surface area (Å²) >= 11 is 1.65. The Bertz CT molecular complexity index is 537. The van der Waals surface area contributed by atoms with Crippen molar-refractivity contribution in [2.24, 2.45) is 0 Å². The smallest absolute Gasteiger partial charge is 0.346 e. The molecule has 2 N–H and O–H groups in total. The highest BCUT2D eigenvalue weighted by atomic mass is 32.2. The second-order valence-electron chi connectivity index (χ2n) is 4.76. The molecule has 0 saturated carbocycles. The zero-order valence-corrected chi connectivity index (χ0v) is 12.7. The number of hydrogen-bond acceptors (Lipinski definition) is 4. The van der Waals surface area contributed by atoms with Crippen LogP contribution in [0.15, 0.2) is 24.3 Å². The Labute approximate surface area is 127 Å². The number of anilines is 1. The van der Waals surface area contributed by atoms with E-state index in [0.717, 1.165) is 0 Å². The van der Waals surface area contributed by atoms with E-state index < -0.39 is 12.1 Å². The van der Waals surface area contributed by atoms with E-state index in [0.29, 0.717) is 23.2 Å². The molecule has 2 rings (SSSR count). The fourth-order valence-corrected chi connectivity index (χ4v) is 2.22. The van der Waals surface area contributed by atoms with Crippen molar-refractivity contribution in [3.63, 3.8) is 0 Å². The maximum atomic E-state index is 12.3. The lowest BCUT2D eigenvalue weighted by atomic mass is 10.2. The molecule has 0 aromatic heterocycles. The van der Waals surface area contributed by atoms with E-state index in [-0.39, 0.29) is 12.6 Å². The minimum absolute atomic E-state index is 0.00811. The summed E-state index contributed by atoms with van der Waals surface area (Å²) in [6, 6.07) is 6.63. The van der Waals surface area contributed by atoms with Gasteiger partial charge in [-0.25, -0.2) is 9.59 Å². The molecule has 7 heteroatoms. The Hall–Kier alpha value is -1.89. The number of carboxylic acid groups (broad SMARTS) is 1. The number of urea groups is 1. The van der Waals surface area contributed by atoms with E-state index in [9.17, 15) is 9.59 Å². The number of thioether (sulfide) groups is 1. The summed E-state index contributed by atoms with van der Waals surface area (Å²) < 4.78 is 5.40. The van der Waals surface area contributed by atoms with Crippen LogP contribution in [0.3, 0.4) is 0 Å². The molecule has 1 aromatic carbocycles. The third-order valence-electron chi connectivity index (χ3n) is 3.24. The van der Waals surface area contributed by atoms with E-state index in [1.807, 2.05) is 13.2 Å². The van der Waals surface area contributed by atoms with Gasteiger partial charge in [-0.2, -0.15) is 11.8 Å². The number of carboxylic acids is 1. The Morgan fingerprint density at radius 2 is 2.24 bits per heavy atom. The number of nitrogens with zero attached hydrogens (tertiary/aromatic N) is 1.